The van der Waals surface area contributed by atoms with Crippen LogP contribution in [0, 0.1) is 0 Å². The van der Waals surface area contributed by atoms with Gasteiger partial charge in [0.1, 0.15) is 0 Å². The van der Waals surface area contributed by atoms with E-state index < -0.39 is 0 Å². The summed E-state index contributed by atoms with van der Waals surface area (Å²) in [5.41, 5.74) is 0. The summed E-state index contributed by atoms with van der Waals surface area (Å²) in [7, 11) is 1.48. The lowest BCUT2D eigenvalue weighted by Crippen LogP contribution is -2.23. The minimum Gasteiger partial charge on any atom is -0.467 e. The van der Waals surface area contributed by atoms with Gasteiger partial charge in [0.15, 0.2) is 0 Å². The van der Waals surface area contributed by atoms with Crippen LogP contribution < -0.4 is 15.4 Å². The molecule has 0 amide bonds. The first-order valence-electron chi connectivity index (χ1n) is 5.16. The molecule has 7 heteroatoms. The molecule has 0 saturated carbocycles. The molecule has 1 rings (SSSR count). The van der Waals surface area contributed by atoms with Crippen molar-refractivity contribution in [2.75, 3.05) is 32.1 Å². The van der Waals surface area contributed by atoms with Gasteiger partial charge < -0.3 is 15.4 Å². The van der Waals surface area contributed by atoms with E-state index in [1.165, 1.54) is 7.11 Å². The van der Waals surface area contributed by atoms with E-state index in [0.29, 0.717) is 5.95 Å². The smallest absolute Gasteiger partial charge is 0.322 e. The van der Waals surface area contributed by atoms with Gasteiger partial charge in [0, 0.05) is 13.1 Å². The molecule has 6 nitrogen and oxygen atoms in total. The molecule has 0 saturated heterocycles. The first kappa shape index (κ1) is 12.9. The van der Waals surface area contributed by atoms with E-state index in [4.69, 9.17) is 16.3 Å². The van der Waals surface area contributed by atoms with Crippen LogP contribution in [0.4, 0.5) is 5.95 Å². The second-order valence-corrected chi connectivity index (χ2v) is 3.43. The molecule has 0 aromatic carbocycles. The number of hydrogen-bond acceptors (Lipinski definition) is 6. The average Bonchev–Trinajstić information content (AvgIpc) is 2.28. The molecule has 1 aromatic rings. The summed E-state index contributed by atoms with van der Waals surface area (Å²) in [4.78, 5) is 11.7. The summed E-state index contributed by atoms with van der Waals surface area (Å²) in [5, 5.41) is 6.40. The Kier molecular flexibility index (Phi) is 5.81. The second-order valence-electron chi connectivity index (χ2n) is 3.09. The Morgan fingerprint density at radius 1 is 1.19 bits per heavy atom. The SMILES string of the molecule is CCCNCCNc1nc(Cl)nc(OC)n1. The lowest BCUT2D eigenvalue weighted by Gasteiger charge is -2.06. The van der Waals surface area contributed by atoms with Gasteiger partial charge in [-0.1, -0.05) is 6.92 Å². The molecule has 0 atom stereocenters. The monoisotopic (exact) mass is 245 g/mol. The Morgan fingerprint density at radius 3 is 2.69 bits per heavy atom. The number of aromatic nitrogens is 3. The summed E-state index contributed by atoms with van der Waals surface area (Å²) < 4.78 is 4.88. The van der Waals surface area contributed by atoms with Crippen molar-refractivity contribution in [2.24, 2.45) is 0 Å². The molecule has 1 heterocycles. The van der Waals surface area contributed by atoms with Gasteiger partial charge >= 0.3 is 6.01 Å². The lowest BCUT2D eigenvalue weighted by atomic mass is 10.5. The number of hydrogen-bond donors (Lipinski definition) is 2. The molecule has 0 aliphatic carbocycles. The molecule has 1 aromatic heterocycles. The van der Waals surface area contributed by atoms with Gasteiger partial charge in [-0.15, -0.1) is 0 Å². The molecule has 0 bridgehead atoms. The highest BCUT2D eigenvalue weighted by molar-refractivity contribution is 6.28. The fourth-order valence-electron chi connectivity index (χ4n) is 1.07. The summed E-state index contributed by atoms with van der Waals surface area (Å²) in [6.45, 7) is 4.70. The van der Waals surface area contributed by atoms with E-state index in [1.807, 2.05) is 0 Å². The van der Waals surface area contributed by atoms with E-state index in [1.54, 1.807) is 0 Å². The van der Waals surface area contributed by atoms with Crippen LogP contribution in [-0.2, 0) is 0 Å². The van der Waals surface area contributed by atoms with Gasteiger partial charge in [-0.05, 0) is 24.6 Å². The molecule has 0 fully saturated rings. The molecular weight excluding hydrogens is 230 g/mol. The van der Waals surface area contributed by atoms with Crippen molar-refractivity contribution in [3.05, 3.63) is 5.28 Å². The predicted molar refractivity (Wildman–Crippen MR) is 63.0 cm³/mol. The van der Waals surface area contributed by atoms with Crippen molar-refractivity contribution in [2.45, 2.75) is 13.3 Å². The zero-order valence-electron chi connectivity index (χ0n) is 9.46. The Labute approximate surface area is 99.8 Å². The van der Waals surface area contributed by atoms with Crippen LogP contribution in [0.3, 0.4) is 0 Å². The molecule has 90 valence electrons. The van der Waals surface area contributed by atoms with Crippen molar-refractivity contribution in [1.82, 2.24) is 20.3 Å². The molecular formula is C9H16ClN5O. The number of methoxy groups -OCH3 is 1. The van der Waals surface area contributed by atoms with Crippen molar-refractivity contribution >= 4 is 17.5 Å². The topological polar surface area (TPSA) is 72.0 Å². The van der Waals surface area contributed by atoms with E-state index in [9.17, 15) is 0 Å². The van der Waals surface area contributed by atoms with E-state index in [-0.39, 0.29) is 11.3 Å². The molecule has 0 aliphatic rings. The van der Waals surface area contributed by atoms with E-state index >= 15 is 0 Å². The highest BCUT2D eigenvalue weighted by Gasteiger charge is 2.03. The molecule has 0 aliphatic heterocycles. The molecule has 16 heavy (non-hydrogen) atoms. The predicted octanol–water partition coefficient (Wildman–Crippen LogP) is 0.945. The minimum atomic E-state index is 0.121. The molecule has 0 unspecified atom stereocenters. The van der Waals surface area contributed by atoms with Crippen LogP contribution in [0.15, 0.2) is 0 Å². The Morgan fingerprint density at radius 2 is 2.00 bits per heavy atom. The second kappa shape index (κ2) is 7.19. The van der Waals surface area contributed by atoms with Crippen molar-refractivity contribution in [3.63, 3.8) is 0 Å². The van der Waals surface area contributed by atoms with Crippen LogP contribution in [0.5, 0.6) is 6.01 Å². The third-order valence-electron chi connectivity index (χ3n) is 1.78. The number of nitrogens with zero attached hydrogens (tertiary/aromatic N) is 3. The van der Waals surface area contributed by atoms with Crippen LogP contribution >= 0.6 is 11.6 Å². The molecule has 2 N–H and O–H groups in total. The number of halogens is 1. The Hall–Kier alpha value is -1.14. The Balaban J connectivity index is 2.38. The zero-order chi connectivity index (χ0) is 11.8. The molecule has 0 spiro atoms. The standard InChI is InChI=1S/C9H16ClN5O/c1-3-4-11-5-6-12-8-13-7(10)14-9(15-8)16-2/h11H,3-6H2,1-2H3,(H,12,13,14,15). The maximum absolute atomic E-state index is 5.69. The summed E-state index contributed by atoms with van der Waals surface area (Å²) in [6.07, 6.45) is 1.12. The number of rotatable bonds is 7. The number of nitrogens with one attached hydrogen (secondary N) is 2. The first-order chi connectivity index (χ1) is 7.76. The lowest BCUT2D eigenvalue weighted by molar-refractivity contribution is 0.379. The first-order valence-corrected chi connectivity index (χ1v) is 5.54. The number of anilines is 1. The van der Waals surface area contributed by atoms with Gasteiger partial charge in [0.05, 0.1) is 7.11 Å². The van der Waals surface area contributed by atoms with Crippen LogP contribution in [-0.4, -0.2) is 41.7 Å². The van der Waals surface area contributed by atoms with Crippen LogP contribution in [0.2, 0.25) is 5.28 Å². The average molecular weight is 246 g/mol. The van der Waals surface area contributed by atoms with Gasteiger partial charge in [-0.3, -0.25) is 0 Å². The van der Waals surface area contributed by atoms with Crippen molar-refractivity contribution < 1.29 is 4.74 Å². The Bertz CT molecular complexity index is 323. The van der Waals surface area contributed by atoms with Gasteiger partial charge in [0.2, 0.25) is 11.2 Å². The summed E-state index contributed by atoms with van der Waals surface area (Å²) in [6, 6.07) is 0.212. The fourth-order valence-corrected chi connectivity index (χ4v) is 1.22. The van der Waals surface area contributed by atoms with Crippen LogP contribution in [0.1, 0.15) is 13.3 Å². The largest absolute Gasteiger partial charge is 0.467 e. The maximum atomic E-state index is 5.69. The van der Waals surface area contributed by atoms with Gasteiger partial charge in [0.25, 0.3) is 0 Å². The van der Waals surface area contributed by atoms with Crippen molar-refractivity contribution in [1.29, 1.82) is 0 Å². The van der Waals surface area contributed by atoms with E-state index in [2.05, 4.69) is 32.5 Å². The summed E-state index contributed by atoms with van der Waals surface area (Å²) >= 11 is 5.69. The van der Waals surface area contributed by atoms with Gasteiger partial charge in [-0.25, -0.2) is 0 Å². The third-order valence-corrected chi connectivity index (χ3v) is 1.95. The summed E-state index contributed by atoms with van der Waals surface area (Å²) in [5.74, 6) is 0.426. The fraction of sp³-hybridized carbons (Fsp3) is 0.667. The molecule has 0 radical (unpaired) electrons. The highest BCUT2D eigenvalue weighted by atomic mass is 35.5. The van der Waals surface area contributed by atoms with E-state index in [0.717, 1.165) is 26.1 Å². The minimum absolute atomic E-state index is 0.121. The van der Waals surface area contributed by atoms with Crippen molar-refractivity contribution in [3.8, 4) is 6.01 Å². The highest BCUT2D eigenvalue weighted by Crippen LogP contribution is 2.09. The third kappa shape index (κ3) is 4.59. The quantitative estimate of drug-likeness (QED) is 0.697. The van der Waals surface area contributed by atoms with Crippen LogP contribution in [0.25, 0.3) is 0 Å². The zero-order valence-corrected chi connectivity index (χ0v) is 10.2. The van der Waals surface area contributed by atoms with Gasteiger partial charge in [-0.2, -0.15) is 15.0 Å². The maximum Gasteiger partial charge on any atom is 0.322 e. The number of ether oxygens (including phenoxy) is 1. The normalized spacial score (nSPS) is 10.2.